The van der Waals surface area contributed by atoms with Crippen LogP contribution in [0.2, 0.25) is 0 Å². The number of aryl methyl sites for hydroxylation is 3. The summed E-state index contributed by atoms with van der Waals surface area (Å²) < 4.78 is 19.1. The highest BCUT2D eigenvalue weighted by Crippen LogP contribution is 2.30. The Morgan fingerprint density at radius 1 is 1.05 bits per heavy atom. The smallest absolute Gasteiger partial charge is 0.129 e. The van der Waals surface area contributed by atoms with Gasteiger partial charge in [0.05, 0.1) is 13.2 Å². The van der Waals surface area contributed by atoms with Gasteiger partial charge in [0, 0.05) is 5.56 Å². The number of hydrogen-bond donors (Lipinski definition) is 1. The highest BCUT2D eigenvalue weighted by atomic mass is 19.1. The van der Waals surface area contributed by atoms with E-state index >= 15 is 0 Å². The first kappa shape index (κ1) is 14.5. The third-order valence-electron chi connectivity index (χ3n) is 3.54. The van der Waals surface area contributed by atoms with Crippen LogP contribution in [0.4, 0.5) is 4.39 Å². The van der Waals surface area contributed by atoms with Crippen LogP contribution in [0.1, 0.15) is 33.9 Å². The molecule has 2 aromatic carbocycles. The summed E-state index contributed by atoms with van der Waals surface area (Å²) in [7, 11) is 1.63. The number of rotatable bonds is 3. The van der Waals surface area contributed by atoms with Gasteiger partial charge in [-0.05, 0) is 43.5 Å². The van der Waals surface area contributed by atoms with E-state index in [2.05, 4.69) is 0 Å². The van der Waals surface area contributed by atoms with E-state index in [1.165, 1.54) is 0 Å². The lowest BCUT2D eigenvalue weighted by molar-refractivity contribution is 0.407. The normalized spacial score (nSPS) is 12.3. The molecule has 0 fully saturated rings. The Hall–Kier alpha value is -1.87. The zero-order chi connectivity index (χ0) is 14.9. The summed E-state index contributed by atoms with van der Waals surface area (Å²) in [5.74, 6) is 0.583. The standard InChI is InChI=1S/C17H20FNO/c1-10-5-6-15(20-4)14(7-10)17(19)13-8-11(2)16(18)12(3)9-13/h5-9,17H,19H2,1-4H3. The van der Waals surface area contributed by atoms with Gasteiger partial charge in [0.1, 0.15) is 11.6 Å². The molecule has 20 heavy (non-hydrogen) atoms. The van der Waals surface area contributed by atoms with E-state index in [1.54, 1.807) is 33.1 Å². The van der Waals surface area contributed by atoms with Crippen LogP contribution in [0.25, 0.3) is 0 Å². The van der Waals surface area contributed by atoms with Gasteiger partial charge >= 0.3 is 0 Å². The Labute approximate surface area is 119 Å². The van der Waals surface area contributed by atoms with Crippen molar-refractivity contribution in [3.63, 3.8) is 0 Å². The first-order chi connectivity index (χ1) is 9.43. The van der Waals surface area contributed by atoms with E-state index in [4.69, 9.17) is 10.5 Å². The van der Waals surface area contributed by atoms with Crippen molar-refractivity contribution >= 4 is 0 Å². The van der Waals surface area contributed by atoms with Gasteiger partial charge in [-0.25, -0.2) is 4.39 Å². The quantitative estimate of drug-likeness (QED) is 0.923. The largest absolute Gasteiger partial charge is 0.496 e. The molecule has 0 aromatic heterocycles. The number of ether oxygens (including phenoxy) is 1. The van der Waals surface area contributed by atoms with E-state index in [9.17, 15) is 4.39 Å². The van der Waals surface area contributed by atoms with E-state index in [0.717, 1.165) is 22.4 Å². The first-order valence-corrected chi connectivity index (χ1v) is 6.60. The third kappa shape index (κ3) is 2.68. The molecular weight excluding hydrogens is 253 g/mol. The predicted molar refractivity (Wildman–Crippen MR) is 79.6 cm³/mol. The number of nitrogens with two attached hydrogens (primary N) is 1. The molecule has 2 rings (SSSR count). The van der Waals surface area contributed by atoms with Gasteiger partial charge in [0.25, 0.3) is 0 Å². The lowest BCUT2D eigenvalue weighted by atomic mass is 9.94. The van der Waals surface area contributed by atoms with Gasteiger partial charge in [-0.2, -0.15) is 0 Å². The summed E-state index contributed by atoms with van der Waals surface area (Å²) in [5.41, 5.74) is 10.5. The van der Waals surface area contributed by atoms with Crippen LogP contribution in [0.15, 0.2) is 30.3 Å². The Kier molecular flexibility index (Phi) is 4.09. The van der Waals surface area contributed by atoms with Crippen molar-refractivity contribution in [2.45, 2.75) is 26.8 Å². The van der Waals surface area contributed by atoms with Gasteiger partial charge in [0.15, 0.2) is 0 Å². The molecule has 1 unspecified atom stereocenters. The molecule has 0 aliphatic heterocycles. The molecule has 106 valence electrons. The van der Waals surface area contributed by atoms with Gasteiger partial charge in [0.2, 0.25) is 0 Å². The number of hydrogen-bond acceptors (Lipinski definition) is 2. The molecule has 2 N–H and O–H groups in total. The average Bonchev–Trinajstić information content (AvgIpc) is 2.43. The van der Waals surface area contributed by atoms with Gasteiger partial charge < -0.3 is 10.5 Å². The Morgan fingerprint density at radius 2 is 1.65 bits per heavy atom. The number of methoxy groups -OCH3 is 1. The maximum atomic E-state index is 13.7. The SMILES string of the molecule is COc1ccc(C)cc1C(N)c1cc(C)c(F)c(C)c1. The van der Waals surface area contributed by atoms with E-state index in [-0.39, 0.29) is 11.9 Å². The summed E-state index contributed by atoms with van der Waals surface area (Å²) in [4.78, 5) is 0. The van der Waals surface area contributed by atoms with E-state index < -0.39 is 0 Å². The Balaban J connectivity index is 2.51. The van der Waals surface area contributed by atoms with Crippen molar-refractivity contribution in [2.75, 3.05) is 7.11 Å². The molecule has 3 heteroatoms. The predicted octanol–water partition coefficient (Wildman–Crippen LogP) is 3.81. The van der Waals surface area contributed by atoms with Crippen LogP contribution < -0.4 is 10.5 Å². The third-order valence-corrected chi connectivity index (χ3v) is 3.54. The summed E-state index contributed by atoms with van der Waals surface area (Å²) in [6.45, 7) is 5.52. The van der Waals surface area contributed by atoms with E-state index in [1.807, 2.05) is 25.1 Å². The van der Waals surface area contributed by atoms with E-state index in [0.29, 0.717) is 11.1 Å². The minimum Gasteiger partial charge on any atom is -0.496 e. The molecule has 0 heterocycles. The van der Waals surface area contributed by atoms with Gasteiger partial charge in [-0.15, -0.1) is 0 Å². The molecule has 0 aliphatic carbocycles. The van der Waals surface area contributed by atoms with Crippen LogP contribution in [0.5, 0.6) is 5.75 Å². The fraction of sp³-hybridized carbons (Fsp3) is 0.294. The first-order valence-electron chi connectivity index (χ1n) is 6.60. The average molecular weight is 273 g/mol. The van der Waals surface area contributed by atoms with Gasteiger partial charge in [-0.1, -0.05) is 29.8 Å². The second-order valence-electron chi connectivity index (χ2n) is 5.19. The second-order valence-corrected chi connectivity index (χ2v) is 5.19. The molecule has 0 aliphatic rings. The number of benzene rings is 2. The monoisotopic (exact) mass is 273 g/mol. The zero-order valence-corrected chi connectivity index (χ0v) is 12.3. The van der Waals surface area contributed by atoms with Crippen LogP contribution in [0, 0.1) is 26.6 Å². The summed E-state index contributed by atoms with van der Waals surface area (Å²) in [5, 5.41) is 0. The van der Waals surface area contributed by atoms with Crippen LogP contribution >= 0.6 is 0 Å². The number of halogens is 1. The molecule has 0 bridgehead atoms. The maximum absolute atomic E-state index is 13.7. The molecular formula is C17H20FNO. The summed E-state index contributed by atoms with van der Waals surface area (Å²) in [6.07, 6.45) is 0. The van der Waals surface area contributed by atoms with Crippen LogP contribution in [0.3, 0.4) is 0 Å². The highest BCUT2D eigenvalue weighted by Gasteiger charge is 2.16. The minimum absolute atomic E-state index is 0.169. The second kappa shape index (κ2) is 5.63. The van der Waals surface area contributed by atoms with Crippen molar-refractivity contribution in [3.8, 4) is 5.75 Å². The van der Waals surface area contributed by atoms with Crippen LogP contribution in [-0.4, -0.2) is 7.11 Å². The van der Waals surface area contributed by atoms with Crippen molar-refractivity contribution in [2.24, 2.45) is 5.73 Å². The molecule has 0 amide bonds. The molecule has 2 nitrogen and oxygen atoms in total. The Morgan fingerprint density at radius 3 is 2.20 bits per heavy atom. The van der Waals surface area contributed by atoms with Gasteiger partial charge in [-0.3, -0.25) is 0 Å². The lowest BCUT2D eigenvalue weighted by Gasteiger charge is -2.18. The molecule has 0 radical (unpaired) electrons. The van der Waals surface area contributed by atoms with Crippen LogP contribution in [-0.2, 0) is 0 Å². The van der Waals surface area contributed by atoms with Crippen molar-refractivity contribution < 1.29 is 9.13 Å². The summed E-state index contributed by atoms with van der Waals surface area (Å²) >= 11 is 0. The highest BCUT2D eigenvalue weighted by molar-refractivity contribution is 5.45. The molecule has 1 atom stereocenters. The molecule has 0 saturated carbocycles. The zero-order valence-electron chi connectivity index (χ0n) is 12.3. The fourth-order valence-electron chi connectivity index (χ4n) is 2.44. The topological polar surface area (TPSA) is 35.2 Å². The minimum atomic E-state index is -0.331. The fourth-order valence-corrected chi connectivity index (χ4v) is 2.44. The lowest BCUT2D eigenvalue weighted by Crippen LogP contribution is -2.14. The summed E-state index contributed by atoms with van der Waals surface area (Å²) in [6, 6.07) is 9.17. The maximum Gasteiger partial charge on any atom is 0.129 e. The Bertz CT molecular complexity index is 614. The van der Waals surface area contributed by atoms with Crippen molar-refractivity contribution in [1.82, 2.24) is 0 Å². The molecule has 2 aromatic rings. The molecule has 0 spiro atoms. The van der Waals surface area contributed by atoms with Crippen molar-refractivity contribution in [1.29, 1.82) is 0 Å². The molecule has 0 saturated heterocycles. The van der Waals surface area contributed by atoms with Crippen molar-refractivity contribution in [3.05, 3.63) is 64.0 Å².